The van der Waals surface area contributed by atoms with Crippen LogP contribution in [0.4, 0.5) is 0 Å². The van der Waals surface area contributed by atoms with Gasteiger partial charge in [0.05, 0.1) is 0 Å². The molecule has 0 radical (unpaired) electrons. The standard InChI is InChI=1S/C19H40N4O.HI/c1-5-20-19(21-14-17(10-12-24)13-16(3)4)22-15-18-9-7-8-11-23(18)6-2;/h16-18,24H,5-15H2,1-4H3,(H2,20,21,22);1H. The second-order valence-corrected chi connectivity index (χ2v) is 7.39. The molecule has 1 rings (SSSR count). The first-order valence-electron chi connectivity index (χ1n) is 9.97. The molecule has 2 unspecified atom stereocenters. The topological polar surface area (TPSA) is 59.9 Å². The van der Waals surface area contributed by atoms with E-state index in [1.807, 2.05) is 0 Å². The van der Waals surface area contributed by atoms with Crippen molar-refractivity contribution in [2.75, 3.05) is 39.3 Å². The summed E-state index contributed by atoms with van der Waals surface area (Å²) in [4.78, 5) is 7.36. The molecule has 6 heteroatoms. The summed E-state index contributed by atoms with van der Waals surface area (Å²) in [5, 5.41) is 16.2. The Morgan fingerprint density at radius 1 is 1.24 bits per heavy atom. The van der Waals surface area contributed by atoms with Crippen molar-refractivity contribution in [3.8, 4) is 0 Å². The molecule has 0 saturated carbocycles. The first-order valence-corrected chi connectivity index (χ1v) is 9.97. The quantitative estimate of drug-likeness (QED) is 0.262. The molecule has 1 aliphatic rings. The zero-order valence-electron chi connectivity index (χ0n) is 16.8. The Kier molecular flexibility index (Phi) is 15.0. The smallest absolute Gasteiger partial charge is 0.191 e. The van der Waals surface area contributed by atoms with Gasteiger partial charge in [0.2, 0.25) is 0 Å². The van der Waals surface area contributed by atoms with Crippen LogP contribution in [0.5, 0.6) is 0 Å². The Morgan fingerprint density at radius 3 is 2.60 bits per heavy atom. The summed E-state index contributed by atoms with van der Waals surface area (Å²) in [7, 11) is 0. The molecule has 0 aromatic heterocycles. The lowest BCUT2D eigenvalue weighted by Gasteiger charge is -2.35. The van der Waals surface area contributed by atoms with Gasteiger partial charge in [-0.05, 0) is 57.5 Å². The number of rotatable bonds is 10. The van der Waals surface area contributed by atoms with Crippen LogP contribution >= 0.6 is 24.0 Å². The van der Waals surface area contributed by atoms with E-state index in [1.54, 1.807) is 0 Å². The number of guanidine groups is 1. The van der Waals surface area contributed by atoms with Crippen LogP contribution in [-0.2, 0) is 0 Å². The van der Waals surface area contributed by atoms with Gasteiger partial charge in [-0.15, -0.1) is 24.0 Å². The summed E-state index contributed by atoms with van der Waals surface area (Å²) in [6, 6.07) is 0.622. The maximum Gasteiger partial charge on any atom is 0.191 e. The summed E-state index contributed by atoms with van der Waals surface area (Å²) in [6.45, 7) is 14.1. The minimum absolute atomic E-state index is 0. The molecule has 25 heavy (non-hydrogen) atoms. The largest absolute Gasteiger partial charge is 0.396 e. The number of aliphatic hydroxyl groups excluding tert-OH is 1. The third kappa shape index (κ3) is 10.6. The van der Waals surface area contributed by atoms with Crippen LogP contribution in [0.25, 0.3) is 0 Å². The molecule has 0 aromatic carbocycles. The molecule has 1 heterocycles. The number of halogens is 1. The summed E-state index contributed by atoms with van der Waals surface area (Å²) in [5.41, 5.74) is 0. The molecule has 150 valence electrons. The van der Waals surface area contributed by atoms with E-state index < -0.39 is 0 Å². The zero-order chi connectivity index (χ0) is 17.8. The van der Waals surface area contributed by atoms with Crippen LogP contribution in [0, 0.1) is 11.8 Å². The summed E-state index contributed by atoms with van der Waals surface area (Å²) < 4.78 is 0. The van der Waals surface area contributed by atoms with Crippen molar-refractivity contribution >= 4 is 29.9 Å². The monoisotopic (exact) mass is 468 g/mol. The maximum atomic E-state index is 9.26. The molecule has 0 aromatic rings. The van der Waals surface area contributed by atoms with E-state index in [4.69, 9.17) is 4.99 Å². The van der Waals surface area contributed by atoms with E-state index in [0.717, 1.165) is 45.0 Å². The minimum atomic E-state index is 0. The number of likely N-dealkylation sites (tertiary alicyclic amines) is 1. The molecule has 0 amide bonds. The summed E-state index contributed by atoms with van der Waals surface area (Å²) >= 11 is 0. The zero-order valence-corrected chi connectivity index (χ0v) is 19.1. The highest BCUT2D eigenvalue weighted by Gasteiger charge is 2.20. The number of aliphatic imine (C=N–C) groups is 1. The van der Waals surface area contributed by atoms with Crippen LogP contribution in [0.1, 0.15) is 59.8 Å². The van der Waals surface area contributed by atoms with Gasteiger partial charge in [0, 0.05) is 32.3 Å². The number of nitrogens with one attached hydrogen (secondary N) is 2. The predicted octanol–water partition coefficient (Wildman–Crippen LogP) is 3.08. The highest BCUT2D eigenvalue weighted by Crippen LogP contribution is 2.16. The molecule has 0 bridgehead atoms. The molecule has 1 aliphatic heterocycles. The van der Waals surface area contributed by atoms with E-state index in [9.17, 15) is 5.11 Å². The second kappa shape index (κ2) is 15.0. The molecule has 3 N–H and O–H groups in total. The van der Waals surface area contributed by atoms with Gasteiger partial charge in [-0.2, -0.15) is 0 Å². The van der Waals surface area contributed by atoms with Gasteiger partial charge >= 0.3 is 0 Å². The summed E-state index contributed by atoms with van der Waals surface area (Å²) in [5.74, 6) is 2.03. The van der Waals surface area contributed by atoms with Crippen LogP contribution in [0.2, 0.25) is 0 Å². The van der Waals surface area contributed by atoms with E-state index >= 15 is 0 Å². The third-order valence-corrected chi connectivity index (χ3v) is 4.85. The Balaban J connectivity index is 0.00000576. The average Bonchev–Trinajstić information content (AvgIpc) is 2.57. The van der Waals surface area contributed by atoms with Crippen LogP contribution in [-0.4, -0.2) is 61.3 Å². The van der Waals surface area contributed by atoms with E-state index in [-0.39, 0.29) is 30.6 Å². The van der Waals surface area contributed by atoms with Crippen molar-refractivity contribution in [2.24, 2.45) is 16.8 Å². The van der Waals surface area contributed by atoms with Gasteiger partial charge in [0.15, 0.2) is 5.96 Å². The SMILES string of the molecule is CCNC(=NCC(CCO)CC(C)C)NCC1CCCCN1CC.I. The van der Waals surface area contributed by atoms with Crippen molar-refractivity contribution in [3.63, 3.8) is 0 Å². The minimum Gasteiger partial charge on any atom is -0.396 e. The highest BCUT2D eigenvalue weighted by atomic mass is 127. The number of nitrogens with zero attached hydrogens (tertiary/aromatic N) is 2. The highest BCUT2D eigenvalue weighted by molar-refractivity contribution is 14.0. The van der Waals surface area contributed by atoms with E-state index in [2.05, 4.69) is 43.2 Å². The van der Waals surface area contributed by atoms with Crippen molar-refractivity contribution in [3.05, 3.63) is 0 Å². The number of piperidine rings is 1. The van der Waals surface area contributed by atoms with E-state index in [0.29, 0.717) is 17.9 Å². The predicted molar refractivity (Wildman–Crippen MR) is 119 cm³/mol. The van der Waals surface area contributed by atoms with Crippen LogP contribution in [0.15, 0.2) is 4.99 Å². The lowest BCUT2D eigenvalue weighted by molar-refractivity contribution is 0.157. The average molecular weight is 468 g/mol. The lowest BCUT2D eigenvalue weighted by atomic mass is 9.94. The normalized spacial score (nSPS) is 20.2. The number of hydrogen-bond acceptors (Lipinski definition) is 3. The molecule has 0 aliphatic carbocycles. The van der Waals surface area contributed by atoms with Gasteiger partial charge in [-0.3, -0.25) is 9.89 Å². The molecule has 2 atom stereocenters. The van der Waals surface area contributed by atoms with Crippen LogP contribution < -0.4 is 10.6 Å². The van der Waals surface area contributed by atoms with Crippen molar-refractivity contribution in [1.29, 1.82) is 0 Å². The Morgan fingerprint density at radius 2 is 2.00 bits per heavy atom. The Labute approximate surface area is 172 Å². The van der Waals surface area contributed by atoms with Gasteiger partial charge in [-0.25, -0.2) is 0 Å². The summed E-state index contributed by atoms with van der Waals surface area (Å²) in [6.07, 6.45) is 5.91. The fourth-order valence-corrected chi connectivity index (χ4v) is 3.62. The fraction of sp³-hybridized carbons (Fsp3) is 0.947. The molecular weight excluding hydrogens is 427 g/mol. The molecule has 1 saturated heterocycles. The number of hydrogen-bond donors (Lipinski definition) is 3. The van der Waals surface area contributed by atoms with Crippen molar-refractivity contribution in [2.45, 2.75) is 65.8 Å². The molecule has 5 nitrogen and oxygen atoms in total. The Bertz CT molecular complexity index is 352. The van der Waals surface area contributed by atoms with Gasteiger partial charge in [-0.1, -0.05) is 27.2 Å². The number of aliphatic hydroxyl groups is 1. The molecular formula is C19H41IN4O. The third-order valence-electron chi connectivity index (χ3n) is 4.85. The van der Waals surface area contributed by atoms with Crippen LogP contribution in [0.3, 0.4) is 0 Å². The first-order chi connectivity index (χ1) is 11.6. The van der Waals surface area contributed by atoms with Crippen molar-refractivity contribution < 1.29 is 5.11 Å². The van der Waals surface area contributed by atoms with Crippen molar-refractivity contribution in [1.82, 2.24) is 15.5 Å². The lowest BCUT2D eigenvalue weighted by Crippen LogP contribution is -2.49. The van der Waals surface area contributed by atoms with Gasteiger partial charge in [0.1, 0.15) is 0 Å². The Hall–Kier alpha value is -0.0800. The maximum absolute atomic E-state index is 9.26. The number of likely N-dealkylation sites (N-methyl/N-ethyl adjacent to an activating group) is 1. The second-order valence-electron chi connectivity index (χ2n) is 7.39. The van der Waals surface area contributed by atoms with Gasteiger partial charge in [0.25, 0.3) is 0 Å². The first kappa shape index (κ1) is 24.9. The molecule has 0 spiro atoms. The fourth-order valence-electron chi connectivity index (χ4n) is 3.62. The molecule has 1 fully saturated rings. The van der Waals surface area contributed by atoms with E-state index in [1.165, 1.54) is 25.8 Å². The van der Waals surface area contributed by atoms with Gasteiger partial charge < -0.3 is 15.7 Å².